The van der Waals surface area contributed by atoms with Crippen molar-refractivity contribution >= 4 is 0 Å². The third-order valence-corrected chi connectivity index (χ3v) is 1.88. The molecule has 0 bridgehead atoms. The molecule has 0 aliphatic heterocycles. The predicted octanol–water partition coefficient (Wildman–Crippen LogP) is 1.84. The van der Waals surface area contributed by atoms with Crippen LogP contribution in [0.15, 0.2) is 18.2 Å². The Morgan fingerprint density at radius 1 is 1.25 bits per heavy atom. The molecular formula is C10H14O2. The predicted molar refractivity (Wildman–Crippen MR) is 48.0 cm³/mol. The number of benzene rings is 1. The highest BCUT2D eigenvalue weighted by molar-refractivity contribution is 5.34. The summed E-state index contributed by atoms with van der Waals surface area (Å²) in [6.45, 7) is 2.09. The molecule has 0 spiro atoms. The molecule has 0 atom stereocenters. The van der Waals surface area contributed by atoms with Crippen LogP contribution in [0.1, 0.15) is 24.5 Å². The minimum atomic E-state index is 0.00370. The molecule has 0 saturated carbocycles. The van der Waals surface area contributed by atoms with Gasteiger partial charge in [0.15, 0.2) is 0 Å². The van der Waals surface area contributed by atoms with E-state index in [1.54, 1.807) is 12.1 Å². The van der Waals surface area contributed by atoms with Crippen molar-refractivity contribution in [1.82, 2.24) is 0 Å². The first-order valence-corrected chi connectivity index (χ1v) is 4.19. The largest absolute Gasteiger partial charge is 0.508 e. The number of rotatable bonds is 3. The van der Waals surface area contributed by atoms with E-state index in [2.05, 4.69) is 6.92 Å². The summed E-state index contributed by atoms with van der Waals surface area (Å²) in [4.78, 5) is 0. The second-order valence-corrected chi connectivity index (χ2v) is 2.86. The summed E-state index contributed by atoms with van der Waals surface area (Å²) in [6.07, 6.45) is 2.01. The summed E-state index contributed by atoms with van der Waals surface area (Å²) in [5.41, 5.74) is 1.95. The quantitative estimate of drug-likeness (QED) is 0.719. The van der Waals surface area contributed by atoms with E-state index in [-0.39, 0.29) is 12.4 Å². The number of hydrogen-bond acceptors (Lipinski definition) is 2. The van der Waals surface area contributed by atoms with Crippen molar-refractivity contribution in [2.45, 2.75) is 26.4 Å². The van der Waals surface area contributed by atoms with Crippen LogP contribution in [-0.4, -0.2) is 10.2 Å². The van der Waals surface area contributed by atoms with Crippen LogP contribution in [0.3, 0.4) is 0 Å². The zero-order valence-corrected chi connectivity index (χ0v) is 7.25. The van der Waals surface area contributed by atoms with Crippen LogP contribution in [0.4, 0.5) is 0 Å². The topological polar surface area (TPSA) is 40.5 Å². The van der Waals surface area contributed by atoms with Crippen molar-refractivity contribution in [3.63, 3.8) is 0 Å². The maximum Gasteiger partial charge on any atom is 0.115 e. The zero-order chi connectivity index (χ0) is 8.97. The first-order valence-electron chi connectivity index (χ1n) is 4.19. The van der Waals surface area contributed by atoms with Crippen LogP contribution < -0.4 is 0 Å². The lowest BCUT2D eigenvalue weighted by Crippen LogP contribution is -1.92. The van der Waals surface area contributed by atoms with Gasteiger partial charge in [-0.3, -0.25) is 0 Å². The van der Waals surface area contributed by atoms with Crippen LogP contribution in [0.5, 0.6) is 5.75 Å². The Kier molecular flexibility index (Phi) is 3.11. The number of aliphatic hydroxyl groups excluding tert-OH is 1. The van der Waals surface area contributed by atoms with Crippen molar-refractivity contribution in [3.05, 3.63) is 29.3 Å². The van der Waals surface area contributed by atoms with E-state index >= 15 is 0 Å². The summed E-state index contributed by atoms with van der Waals surface area (Å²) < 4.78 is 0. The summed E-state index contributed by atoms with van der Waals surface area (Å²) in [5.74, 6) is 0.221. The molecule has 0 amide bonds. The maximum absolute atomic E-state index is 9.13. The van der Waals surface area contributed by atoms with Crippen LogP contribution in [-0.2, 0) is 13.0 Å². The van der Waals surface area contributed by atoms with E-state index in [0.29, 0.717) is 0 Å². The molecule has 2 nitrogen and oxygen atoms in total. The average Bonchev–Trinajstić information content (AvgIpc) is 2.08. The molecular weight excluding hydrogens is 152 g/mol. The van der Waals surface area contributed by atoms with Gasteiger partial charge in [-0.2, -0.15) is 0 Å². The number of aliphatic hydroxyl groups is 1. The van der Waals surface area contributed by atoms with E-state index in [0.717, 1.165) is 24.0 Å². The lowest BCUT2D eigenvalue weighted by molar-refractivity contribution is 0.280. The molecule has 0 unspecified atom stereocenters. The van der Waals surface area contributed by atoms with Gasteiger partial charge in [0.2, 0.25) is 0 Å². The first-order chi connectivity index (χ1) is 5.77. The fourth-order valence-electron chi connectivity index (χ4n) is 1.27. The van der Waals surface area contributed by atoms with Gasteiger partial charge in [-0.25, -0.2) is 0 Å². The van der Waals surface area contributed by atoms with Crippen LogP contribution >= 0.6 is 0 Å². The zero-order valence-electron chi connectivity index (χ0n) is 7.25. The smallest absolute Gasteiger partial charge is 0.115 e. The third-order valence-electron chi connectivity index (χ3n) is 1.88. The fourth-order valence-corrected chi connectivity index (χ4v) is 1.27. The van der Waals surface area contributed by atoms with E-state index in [1.165, 1.54) is 0 Å². The highest BCUT2D eigenvalue weighted by atomic mass is 16.3. The van der Waals surface area contributed by atoms with Crippen LogP contribution in [0.2, 0.25) is 0 Å². The van der Waals surface area contributed by atoms with Gasteiger partial charge in [-0.05, 0) is 29.7 Å². The Bertz CT molecular complexity index is 256. The van der Waals surface area contributed by atoms with Gasteiger partial charge >= 0.3 is 0 Å². The van der Waals surface area contributed by atoms with E-state index in [9.17, 15) is 0 Å². The monoisotopic (exact) mass is 166 g/mol. The molecule has 0 aliphatic carbocycles. The first kappa shape index (κ1) is 9.07. The molecule has 1 aromatic rings. The van der Waals surface area contributed by atoms with Crippen LogP contribution in [0.25, 0.3) is 0 Å². The molecule has 0 aromatic heterocycles. The highest BCUT2D eigenvalue weighted by Gasteiger charge is 2.00. The second kappa shape index (κ2) is 4.12. The Labute approximate surface area is 72.5 Å². The van der Waals surface area contributed by atoms with Gasteiger partial charge in [0.05, 0.1) is 6.61 Å². The summed E-state index contributed by atoms with van der Waals surface area (Å²) in [5, 5.41) is 18.1. The fraction of sp³-hybridized carbons (Fsp3) is 0.400. The Morgan fingerprint density at radius 2 is 2.00 bits per heavy atom. The molecule has 0 aliphatic rings. The normalized spacial score (nSPS) is 10.2. The van der Waals surface area contributed by atoms with Gasteiger partial charge in [0.1, 0.15) is 5.75 Å². The minimum absolute atomic E-state index is 0.00370. The molecule has 2 N–H and O–H groups in total. The Morgan fingerprint density at radius 3 is 2.58 bits per heavy atom. The van der Waals surface area contributed by atoms with Gasteiger partial charge in [-0.1, -0.05) is 19.4 Å². The molecule has 0 radical (unpaired) electrons. The van der Waals surface area contributed by atoms with Crippen LogP contribution in [0, 0.1) is 0 Å². The average molecular weight is 166 g/mol. The summed E-state index contributed by atoms with van der Waals surface area (Å²) in [7, 11) is 0. The van der Waals surface area contributed by atoms with Crippen molar-refractivity contribution in [2.75, 3.05) is 0 Å². The molecule has 2 heteroatoms. The molecule has 0 saturated heterocycles. The van der Waals surface area contributed by atoms with Crippen molar-refractivity contribution in [1.29, 1.82) is 0 Å². The minimum Gasteiger partial charge on any atom is -0.508 e. The maximum atomic E-state index is 9.13. The highest BCUT2D eigenvalue weighted by Crippen LogP contribution is 2.17. The third kappa shape index (κ3) is 1.98. The lowest BCUT2D eigenvalue weighted by atomic mass is 10.0. The van der Waals surface area contributed by atoms with E-state index in [4.69, 9.17) is 10.2 Å². The molecule has 0 heterocycles. The van der Waals surface area contributed by atoms with Crippen molar-refractivity contribution in [2.24, 2.45) is 0 Å². The van der Waals surface area contributed by atoms with Gasteiger partial charge in [0, 0.05) is 0 Å². The standard InChI is InChI=1S/C10H14O2/c1-2-3-8-4-5-10(12)6-9(8)7-11/h4-6,11-12H,2-3,7H2,1H3. The number of aromatic hydroxyl groups is 1. The number of phenolic OH excluding ortho intramolecular Hbond substituents is 1. The Hall–Kier alpha value is -1.02. The Balaban J connectivity index is 2.94. The number of aryl methyl sites for hydroxylation is 1. The van der Waals surface area contributed by atoms with Crippen molar-refractivity contribution in [3.8, 4) is 5.75 Å². The SMILES string of the molecule is CCCc1ccc(O)cc1CO. The molecule has 66 valence electrons. The molecule has 1 aromatic carbocycles. The summed E-state index contributed by atoms with van der Waals surface area (Å²) in [6, 6.07) is 5.14. The lowest BCUT2D eigenvalue weighted by Gasteiger charge is -2.05. The molecule has 1 rings (SSSR count). The van der Waals surface area contributed by atoms with Gasteiger partial charge in [-0.15, -0.1) is 0 Å². The second-order valence-electron chi connectivity index (χ2n) is 2.86. The van der Waals surface area contributed by atoms with Crippen molar-refractivity contribution < 1.29 is 10.2 Å². The summed E-state index contributed by atoms with van der Waals surface area (Å²) >= 11 is 0. The van der Waals surface area contributed by atoms with Gasteiger partial charge in [0.25, 0.3) is 0 Å². The van der Waals surface area contributed by atoms with Gasteiger partial charge < -0.3 is 10.2 Å². The van der Waals surface area contributed by atoms with E-state index < -0.39 is 0 Å². The van der Waals surface area contributed by atoms with E-state index in [1.807, 2.05) is 6.07 Å². The number of hydrogen-bond donors (Lipinski definition) is 2. The number of phenols is 1. The molecule has 12 heavy (non-hydrogen) atoms. The molecule has 0 fully saturated rings.